The topological polar surface area (TPSA) is 75.6 Å². The first kappa shape index (κ1) is 16.4. The maximum absolute atomic E-state index is 13.8. The van der Waals surface area contributed by atoms with Gasteiger partial charge >= 0.3 is 0 Å². The van der Waals surface area contributed by atoms with Gasteiger partial charge in [-0.3, -0.25) is 0 Å². The molecule has 0 bridgehead atoms. The van der Waals surface area contributed by atoms with Gasteiger partial charge < -0.3 is 5.73 Å². The number of anilines is 1. The van der Waals surface area contributed by atoms with Gasteiger partial charge in [-0.2, -0.15) is 5.26 Å². The van der Waals surface area contributed by atoms with Gasteiger partial charge in [0.05, 0.1) is 11.3 Å². The summed E-state index contributed by atoms with van der Waals surface area (Å²) in [4.78, 5) is 8.53. The van der Waals surface area contributed by atoms with Crippen LogP contribution in [0.5, 0.6) is 0 Å². The number of aryl methyl sites for hydroxylation is 1. The molecule has 1 heterocycles. The first-order valence-electron chi connectivity index (χ1n) is 8.49. The fourth-order valence-corrected chi connectivity index (χ4v) is 3.39. The third-order valence-electron chi connectivity index (χ3n) is 4.72. The predicted octanol–water partition coefficient (Wildman–Crippen LogP) is 4.25. The molecule has 0 radical (unpaired) electrons. The lowest BCUT2D eigenvalue weighted by Gasteiger charge is -2.21. The zero-order chi connectivity index (χ0) is 16.9. The second-order valence-corrected chi connectivity index (χ2v) is 6.45. The van der Waals surface area contributed by atoms with Crippen molar-refractivity contribution in [3.05, 3.63) is 41.3 Å². The average Bonchev–Trinajstić information content (AvgIpc) is 2.60. The molecule has 1 aliphatic rings. The zero-order valence-electron chi connectivity index (χ0n) is 13.6. The molecule has 1 fully saturated rings. The number of halogens is 1. The molecule has 0 unspecified atom stereocenters. The Hall–Kier alpha value is -2.48. The predicted molar refractivity (Wildman–Crippen MR) is 91.4 cm³/mol. The Morgan fingerprint density at radius 2 is 1.96 bits per heavy atom. The summed E-state index contributed by atoms with van der Waals surface area (Å²) in [6.07, 6.45) is 8.58. The van der Waals surface area contributed by atoms with Crippen molar-refractivity contribution in [2.24, 2.45) is 5.92 Å². The van der Waals surface area contributed by atoms with Gasteiger partial charge in [-0.1, -0.05) is 38.2 Å². The van der Waals surface area contributed by atoms with Crippen LogP contribution in [-0.2, 0) is 6.42 Å². The second kappa shape index (κ2) is 7.39. The van der Waals surface area contributed by atoms with E-state index in [0.717, 1.165) is 24.5 Å². The molecule has 2 N–H and O–H groups in total. The minimum absolute atomic E-state index is 0.0262. The number of nitrogens with two attached hydrogens (primary N) is 1. The van der Waals surface area contributed by atoms with Crippen LogP contribution in [0.1, 0.15) is 49.8 Å². The van der Waals surface area contributed by atoms with Crippen LogP contribution in [0.4, 0.5) is 10.3 Å². The van der Waals surface area contributed by atoms with E-state index in [0.29, 0.717) is 11.3 Å². The van der Waals surface area contributed by atoms with E-state index in [9.17, 15) is 4.39 Å². The molecule has 2 aromatic rings. The van der Waals surface area contributed by atoms with Crippen LogP contribution in [0.3, 0.4) is 0 Å². The Labute approximate surface area is 141 Å². The zero-order valence-corrected chi connectivity index (χ0v) is 13.6. The number of aromatic nitrogens is 2. The number of hydrogen-bond donors (Lipinski definition) is 1. The van der Waals surface area contributed by atoms with E-state index >= 15 is 0 Å². The van der Waals surface area contributed by atoms with Gasteiger partial charge in [0.15, 0.2) is 0 Å². The number of nitrogens with zero attached hydrogens (tertiary/aromatic N) is 3. The van der Waals surface area contributed by atoms with Crippen LogP contribution >= 0.6 is 0 Å². The number of nitriles is 1. The van der Waals surface area contributed by atoms with E-state index in [1.807, 2.05) is 12.1 Å². The van der Waals surface area contributed by atoms with Crippen LogP contribution in [0.2, 0.25) is 0 Å². The highest BCUT2D eigenvalue weighted by atomic mass is 19.1. The molecule has 1 saturated carbocycles. The van der Waals surface area contributed by atoms with Crippen molar-refractivity contribution >= 4 is 5.95 Å². The maximum atomic E-state index is 13.8. The summed E-state index contributed by atoms with van der Waals surface area (Å²) in [5.74, 6) is 0.428. The average molecular weight is 324 g/mol. The maximum Gasteiger partial charge on any atom is 0.220 e. The summed E-state index contributed by atoms with van der Waals surface area (Å²) >= 11 is 0. The highest BCUT2D eigenvalue weighted by molar-refractivity contribution is 5.62. The lowest BCUT2D eigenvalue weighted by molar-refractivity contribution is 0.338. The Balaban J connectivity index is 1.78. The molecule has 0 atom stereocenters. The van der Waals surface area contributed by atoms with E-state index in [-0.39, 0.29) is 11.5 Å². The minimum atomic E-state index is -0.545. The molecular formula is C19H21FN4. The van der Waals surface area contributed by atoms with E-state index in [4.69, 9.17) is 11.0 Å². The molecule has 5 heteroatoms. The van der Waals surface area contributed by atoms with Crippen molar-refractivity contribution in [1.82, 2.24) is 9.97 Å². The van der Waals surface area contributed by atoms with Crippen molar-refractivity contribution in [1.29, 1.82) is 5.26 Å². The van der Waals surface area contributed by atoms with Gasteiger partial charge in [-0.25, -0.2) is 14.4 Å². The molecule has 1 aromatic heterocycles. The third kappa shape index (κ3) is 3.88. The molecule has 0 spiro atoms. The van der Waals surface area contributed by atoms with Crippen molar-refractivity contribution in [3.8, 4) is 17.3 Å². The molecule has 4 nitrogen and oxygen atoms in total. The van der Waals surface area contributed by atoms with E-state index < -0.39 is 5.82 Å². The Morgan fingerprint density at radius 1 is 1.17 bits per heavy atom. The molecule has 0 amide bonds. The van der Waals surface area contributed by atoms with E-state index in [1.54, 1.807) is 6.07 Å². The molecule has 124 valence electrons. The van der Waals surface area contributed by atoms with E-state index in [1.165, 1.54) is 44.2 Å². The van der Waals surface area contributed by atoms with Gasteiger partial charge in [0.25, 0.3) is 0 Å². The first-order valence-corrected chi connectivity index (χ1v) is 8.49. The standard InChI is InChI=1S/C19H21FN4/c20-17-10-14(7-8-15(17)12-21)18-11-16(23-19(22)24-18)9-6-13-4-2-1-3-5-13/h7-8,10-11,13H,1-6,9H2,(H2,22,23,24). The summed E-state index contributed by atoms with van der Waals surface area (Å²) in [6, 6.07) is 8.17. The molecule has 0 aliphatic heterocycles. The molecule has 1 aliphatic carbocycles. The SMILES string of the molecule is N#Cc1ccc(-c2cc(CCC3CCCCC3)nc(N)n2)cc1F. The molecule has 0 saturated heterocycles. The number of nitrogen functional groups attached to an aromatic ring is 1. The van der Waals surface area contributed by atoms with Crippen molar-refractivity contribution in [2.75, 3.05) is 5.73 Å². The lowest BCUT2D eigenvalue weighted by Crippen LogP contribution is -2.09. The number of rotatable bonds is 4. The number of benzene rings is 1. The summed E-state index contributed by atoms with van der Waals surface area (Å²) in [6.45, 7) is 0. The third-order valence-corrected chi connectivity index (χ3v) is 4.72. The molecule has 3 rings (SSSR count). The Bertz CT molecular complexity index is 760. The van der Waals surface area contributed by atoms with Crippen molar-refractivity contribution in [2.45, 2.75) is 44.9 Å². The Kier molecular flexibility index (Phi) is 5.05. The fourth-order valence-electron chi connectivity index (χ4n) is 3.39. The highest BCUT2D eigenvalue weighted by Crippen LogP contribution is 2.28. The lowest BCUT2D eigenvalue weighted by atomic mass is 9.86. The van der Waals surface area contributed by atoms with Gasteiger partial charge in [0.2, 0.25) is 5.95 Å². The largest absolute Gasteiger partial charge is 0.368 e. The second-order valence-electron chi connectivity index (χ2n) is 6.45. The highest BCUT2D eigenvalue weighted by Gasteiger charge is 2.14. The normalized spacial score (nSPS) is 15.2. The first-order chi connectivity index (χ1) is 11.7. The smallest absolute Gasteiger partial charge is 0.220 e. The van der Waals surface area contributed by atoms with Gasteiger partial charge in [0.1, 0.15) is 11.9 Å². The van der Waals surface area contributed by atoms with E-state index in [2.05, 4.69) is 9.97 Å². The van der Waals surface area contributed by atoms with Gasteiger partial charge in [0, 0.05) is 11.3 Å². The van der Waals surface area contributed by atoms with Crippen LogP contribution in [-0.4, -0.2) is 9.97 Å². The Morgan fingerprint density at radius 3 is 2.67 bits per heavy atom. The van der Waals surface area contributed by atoms with Crippen LogP contribution in [0.15, 0.2) is 24.3 Å². The summed E-state index contributed by atoms with van der Waals surface area (Å²) in [7, 11) is 0. The summed E-state index contributed by atoms with van der Waals surface area (Å²) < 4.78 is 13.8. The minimum Gasteiger partial charge on any atom is -0.368 e. The summed E-state index contributed by atoms with van der Waals surface area (Å²) in [5, 5.41) is 8.83. The summed E-state index contributed by atoms with van der Waals surface area (Å²) in [5.41, 5.74) is 7.97. The fraction of sp³-hybridized carbons (Fsp3) is 0.421. The molecular weight excluding hydrogens is 303 g/mol. The van der Waals surface area contributed by atoms with Crippen LogP contribution in [0, 0.1) is 23.1 Å². The number of hydrogen-bond acceptors (Lipinski definition) is 4. The van der Waals surface area contributed by atoms with Gasteiger partial charge in [-0.15, -0.1) is 0 Å². The molecule has 1 aromatic carbocycles. The quantitative estimate of drug-likeness (QED) is 0.912. The van der Waals surface area contributed by atoms with Crippen LogP contribution < -0.4 is 5.73 Å². The van der Waals surface area contributed by atoms with Crippen molar-refractivity contribution in [3.63, 3.8) is 0 Å². The van der Waals surface area contributed by atoms with Crippen LogP contribution in [0.25, 0.3) is 11.3 Å². The molecule has 24 heavy (non-hydrogen) atoms. The van der Waals surface area contributed by atoms with Crippen molar-refractivity contribution < 1.29 is 4.39 Å². The van der Waals surface area contributed by atoms with Gasteiger partial charge in [-0.05, 0) is 37.0 Å². The monoisotopic (exact) mass is 324 g/mol.